The smallest absolute Gasteiger partial charge is 0.107 e. The molecule has 0 aliphatic carbocycles. The van der Waals surface area contributed by atoms with Gasteiger partial charge in [-0.15, -0.1) is 11.3 Å². The lowest BCUT2D eigenvalue weighted by atomic mass is 10.00. The van der Waals surface area contributed by atoms with Crippen molar-refractivity contribution in [3.63, 3.8) is 0 Å². The van der Waals surface area contributed by atoms with Crippen LogP contribution in [0.15, 0.2) is 11.6 Å². The van der Waals surface area contributed by atoms with Crippen LogP contribution in [0.1, 0.15) is 17.8 Å². The maximum absolute atomic E-state index is 8.85. The number of likely N-dealkylation sites (tertiary alicyclic amines) is 1. The lowest BCUT2D eigenvalue weighted by molar-refractivity contribution is 0.192. The molecular formula is C10H13N3S. The van der Waals surface area contributed by atoms with E-state index in [0.29, 0.717) is 0 Å². The van der Waals surface area contributed by atoms with E-state index >= 15 is 0 Å². The summed E-state index contributed by atoms with van der Waals surface area (Å²) < 4.78 is 0. The summed E-state index contributed by atoms with van der Waals surface area (Å²) in [6, 6.07) is 2.35. The van der Waals surface area contributed by atoms with E-state index in [1.54, 1.807) is 11.3 Å². The van der Waals surface area contributed by atoms with Gasteiger partial charge in [0.25, 0.3) is 0 Å². The Balaban J connectivity index is 1.90. The van der Waals surface area contributed by atoms with Crippen LogP contribution >= 0.6 is 11.3 Å². The zero-order valence-corrected chi connectivity index (χ0v) is 8.83. The van der Waals surface area contributed by atoms with Crippen LogP contribution in [0.3, 0.4) is 0 Å². The highest BCUT2D eigenvalue weighted by atomic mass is 32.1. The van der Waals surface area contributed by atoms with Crippen LogP contribution in [-0.4, -0.2) is 23.0 Å². The van der Waals surface area contributed by atoms with Gasteiger partial charge in [-0.1, -0.05) is 0 Å². The predicted molar refractivity (Wildman–Crippen MR) is 55.7 cm³/mol. The molecule has 1 aromatic rings. The second kappa shape index (κ2) is 4.54. The molecule has 2 rings (SSSR count). The molecule has 0 N–H and O–H groups in total. The van der Waals surface area contributed by atoms with Crippen LogP contribution in [0.25, 0.3) is 0 Å². The first-order valence-corrected chi connectivity index (χ1v) is 5.77. The second-order valence-corrected chi connectivity index (χ2v) is 4.61. The molecule has 4 heteroatoms. The molecule has 1 unspecified atom stereocenters. The zero-order valence-electron chi connectivity index (χ0n) is 8.02. The molecular weight excluding hydrogens is 194 g/mol. The van der Waals surface area contributed by atoms with Gasteiger partial charge in [0.1, 0.15) is 5.01 Å². The molecule has 1 atom stereocenters. The first-order valence-electron chi connectivity index (χ1n) is 4.89. The van der Waals surface area contributed by atoms with Crippen molar-refractivity contribution in [3.05, 3.63) is 16.6 Å². The van der Waals surface area contributed by atoms with Crippen LogP contribution in [0.2, 0.25) is 0 Å². The molecule has 0 spiro atoms. The number of thiazole rings is 1. The lowest BCUT2D eigenvalue weighted by Gasteiger charge is -2.28. The summed E-state index contributed by atoms with van der Waals surface area (Å²) in [4.78, 5) is 6.58. The standard InChI is InChI=1S/C10H13N3S/c11-6-9-2-1-4-13(7-9)8-10-12-3-5-14-10/h3,5,9H,1-2,4,7-8H2. The third-order valence-electron chi connectivity index (χ3n) is 2.53. The molecule has 0 saturated carbocycles. The predicted octanol–water partition coefficient (Wildman–Crippen LogP) is 1.88. The van der Waals surface area contributed by atoms with E-state index in [1.165, 1.54) is 0 Å². The third kappa shape index (κ3) is 2.31. The van der Waals surface area contributed by atoms with Crippen molar-refractivity contribution in [1.82, 2.24) is 9.88 Å². The Bertz CT molecular complexity index is 315. The molecule has 1 aromatic heterocycles. The number of aromatic nitrogens is 1. The van der Waals surface area contributed by atoms with Crippen molar-refractivity contribution in [2.24, 2.45) is 5.92 Å². The maximum Gasteiger partial charge on any atom is 0.107 e. The Kier molecular flexibility index (Phi) is 3.12. The molecule has 0 amide bonds. The normalized spacial score (nSPS) is 23.2. The molecule has 2 heterocycles. The van der Waals surface area contributed by atoms with E-state index in [1.807, 2.05) is 11.6 Å². The Labute approximate surface area is 88.0 Å². The van der Waals surface area contributed by atoms with E-state index in [2.05, 4.69) is 16.0 Å². The van der Waals surface area contributed by atoms with Gasteiger partial charge in [-0.3, -0.25) is 4.90 Å². The highest BCUT2D eigenvalue weighted by molar-refractivity contribution is 7.09. The number of nitriles is 1. The minimum absolute atomic E-state index is 0.226. The van der Waals surface area contributed by atoms with Crippen LogP contribution in [0.4, 0.5) is 0 Å². The Morgan fingerprint density at radius 3 is 3.36 bits per heavy atom. The average Bonchev–Trinajstić information content (AvgIpc) is 2.71. The van der Waals surface area contributed by atoms with Gasteiger partial charge in [-0.2, -0.15) is 5.26 Å². The van der Waals surface area contributed by atoms with Gasteiger partial charge in [-0.25, -0.2) is 4.98 Å². The molecule has 3 nitrogen and oxygen atoms in total. The van der Waals surface area contributed by atoms with Crippen LogP contribution < -0.4 is 0 Å². The largest absolute Gasteiger partial charge is 0.295 e. The van der Waals surface area contributed by atoms with Crippen molar-refractivity contribution in [2.45, 2.75) is 19.4 Å². The molecule has 1 fully saturated rings. The highest BCUT2D eigenvalue weighted by Gasteiger charge is 2.19. The SMILES string of the molecule is N#CC1CCCN(Cc2nccs2)C1. The summed E-state index contributed by atoms with van der Waals surface area (Å²) in [5.41, 5.74) is 0. The van der Waals surface area contributed by atoms with Crippen LogP contribution in [0, 0.1) is 17.2 Å². The first-order chi connectivity index (χ1) is 6.88. The van der Waals surface area contributed by atoms with Crippen LogP contribution in [-0.2, 0) is 6.54 Å². The van der Waals surface area contributed by atoms with Crippen molar-refractivity contribution in [1.29, 1.82) is 5.26 Å². The summed E-state index contributed by atoms with van der Waals surface area (Å²) in [7, 11) is 0. The Hall–Kier alpha value is -0.920. The van der Waals surface area contributed by atoms with Gasteiger partial charge in [0.15, 0.2) is 0 Å². The maximum atomic E-state index is 8.85. The van der Waals surface area contributed by atoms with Crippen LogP contribution in [0.5, 0.6) is 0 Å². The topological polar surface area (TPSA) is 39.9 Å². The number of hydrogen-bond donors (Lipinski definition) is 0. The number of hydrogen-bond acceptors (Lipinski definition) is 4. The van der Waals surface area contributed by atoms with Gasteiger partial charge in [0, 0.05) is 18.1 Å². The molecule has 0 bridgehead atoms. The lowest BCUT2D eigenvalue weighted by Crippen LogP contribution is -2.34. The van der Waals surface area contributed by atoms with E-state index in [-0.39, 0.29) is 5.92 Å². The number of nitrogens with zero attached hydrogens (tertiary/aromatic N) is 3. The molecule has 1 aliphatic heterocycles. The summed E-state index contributed by atoms with van der Waals surface area (Å²) in [6.07, 6.45) is 4.04. The Morgan fingerprint density at radius 2 is 2.64 bits per heavy atom. The van der Waals surface area contributed by atoms with Gasteiger partial charge < -0.3 is 0 Å². The fourth-order valence-electron chi connectivity index (χ4n) is 1.83. The summed E-state index contributed by atoms with van der Waals surface area (Å²) in [5, 5.41) is 12.0. The molecule has 0 radical (unpaired) electrons. The van der Waals surface area contributed by atoms with E-state index in [9.17, 15) is 0 Å². The van der Waals surface area contributed by atoms with Gasteiger partial charge >= 0.3 is 0 Å². The summed E-state index contributed by atoms with van der Waals surface area (Å²) >= 11 is 1.69. The van der Waals surface area contributed by atoms with Gasteiger partial charge in [-0.05, 0) is 19.4 Å². The quantitative estimate of drug-likeness (QED) is 0.743. The first kappa shape index (κ1) is 9.63. The van der Waals surface area contributed by atoms with E-state index in [0.717, 1.165) is 37.5 Å². The molecule has 0 aromatic carbocycles. The highest BCUT2D eigenvalue weighted by Crippen LogP contribution is 2.18. The van der Waals surface area contributed by atoms with Crippen molar-refractivity contribution >= 4 is 11.3 Å². The van der Waals surface area contributed by atoms with E-state index in [4.69, 9.17) is 5.26 Å². The molecule has 74 valence electrons. The molecule has 1 aliphatic rings. The van der Waals surface area contributed by atoms with Crippen molar-refractivity contribution in [2.75, 3.05) is 13.1 Å². The van der Waals surface area contributed by atoms with Gasteiger partial charge in [0.2, 0.25) is 0 Å². The minimum Gasteiger partial charge on any atom is -0.295 e. The minimum atomic E-state index is 0.226. The zero-order chi connectivity index (χ0) is 9.80. The molecule has 1 saturated heterocycles. The molecule has 14 heavy (non-hydrogen) atoms. The summed E-state index contributed by atoms with van der Waals surface area (Å²) in [5.74, 6) is 0.226. The van der Waals surface area contributed by atoms with Crippen molar-refractivity contribution < 1.29 is 0 Å². The van der Waals surface area contributed by atoms with E-state index < -0.39 is 0 Å². The average molecular weight is 207 g/mol. The fourth-order valence-corrected chi connectivity index (χ4v) is 2.48. The fraction of sp³-hybridized carbons (Fsp3) is 0.600. The second-order valence-electron chi connectivity index (χ2n) is 3.63. The third-order valence-corrected chi connectivity index (χ3v) is 3.29. The number of piperidine rings is 1. The summed E-state index contributed by atoms with van der Waals surface area (Å²) in [6.45, 7) is 2.93. The number of rotatable bonds is 2. The Morgan fingerprint density at radius 1 is 1.71 bits per heavy atom. The monoisotopic (exact) mass is 207 g/mol. The van der Waals surface area contributed by atoms with Crippen molar-refractivity contribution in [3.8, 4) is 6.07 Å². The van der Waals surface area contributed by atoms with Gasteiger partial charge in [0.05, 0.1) is 18.5 Å².